The third-order valence-corrected chi connectivity index (χ3v) is 6.43. The molecule has 0 N–H and O–H groups in total. The molecule has 9 nitrogen and oxygen atoms in total. The normalized spacial score (nSPS) is 13.9. The Morgan fingerprint density at radius 1 is 0.944 bits per heavy atom. The second kappa shape index (κ2) is 9.07. The zero-order valence-electron chi connectivity index (χ0n) is 20.5. The highest BCUT2D eigenvalue weighted by molar-refractivity contribution is 6.22. The number of carbonyl (C=O) groups is 2. The minimum Gasteiger partial charge on any atom is -0.327 e. The first kappa shape index (κ1) is 23.5. The molecule has 3 aromatic heterocycles. The molecule has 4 heterocycles. The van der Waals surface area contributed by atoms with E-state index in [4.69, 9.17) is 0 Å². The highest BCUT2D eigenvalue weighted by Crippen LogP contribution is 2.32. The van der Waals surface area contributed by atoms with E-state index < -0.39 is 11.2 Å². The van der Waals surface area contributed by atoms with Crippen molar-refractivity contribution in [3.05, 3.63) is 81.3 Å². The molecule has 0 bridgehead atoms. The van der Waals surface area contributed by atoms with Gasteiger partial charge in [-0.25, -0.2) is 9.69 Å². The number of anilines is 1. The highest BCUT2D eigenvalue weighted by atomic mass is 16.2. The molecule has 1 fully saturated rings. The minimum absolute atomic E-state index is 0.101. The van der Waals surface area contributed by atoms with Gasteiger partial charge in [0, 0.05) is 50.9 Å². The summed E-state index contributed by atoms with van der Waals surface area (Å²) in [5.41, 5.74) is 2.11. The van der Waals surface area contributed by atoms with E-state index in [9.17, 15) is 19.2 Å². The van der Waals surface area contributed by atoms with Crippen LogP contribution in [0.1, 0.15) is 32.3 Å². The van der Waals surface area contributed by atoms with E-state index in [2.05, 4.69) is 4.98 Å². The molecule has 1 aromatic carbocycles. The van der Waals surface area contributed by atoms with Crippen LogP contribution in [0.5, 0.6) is 0 Å². The number of hydrogen-bond donors (Lipinski definition) is 0. The van der Waals surface area contributed by atoms with Crippen molar-refractivity contribution in [1.82, 2.24) is 18.7 Å². The van der Waals surface area contributed by atoms with Crippen LogP contribution in [0.15, 0.2) is 64.4 Å². The Morgan fingerprint density at radius 3 is 2.25 bits per heavy atom. The molecule has 0 spiro atoms. The van der Waals surface area contributed by atoms with Gasteiger partial charge in [0.25, 0.3) is 5.56 Å². The lowest BCUT2D eigenvalue weighted by atomic mass is 10.1. The van der Waals surface area contributed by atoms with Gasteiger partial charge in [0.1, 0.15) is 11.3 Å². The third-order valence-electron chi connectivity index (χ3n) is 6.43. The molecule has 9 heteroatoms. The van der Waals surface area contributed by atoms with E-state index in [0.29, 0.717) is 24.0 Å². The Labute approximate surface area is 207 Å². The van der Waals surface area contributed by atoms with Gasteiger partial charge in [0.05, 0.1) is 11.1 Å². The van der Waals surface area contributed by atoms with Crippen LogP contribution in [-0.2, 0) is 29.7 Å². The third kappa shape index (κ3) is 3.96. The first-order valence-electron chi connectivity index (χ1n) is 11.9. The summed E-state index contributed by atoms with van der Waals surface area (Å²) < 4.78 is 4.32. The van der Waals surface area contributed by atoms with E-state index in [1.807, 2.05) is 56.3 Å². The summed E-state index contributed by atoms with van der Waals surface area (Å²) in [5.74, 6) is -0.294. The first-order chi connectivity index (χ1) is 17.3. The predicted octanol–water partition coefficient (Wildman–Crippen LogP) is 2.92. The molecular weight excluding hydrogens is 458 g/mol. The van der Waals surface area contributed by atoms with Crippen LogP contribution in [0.25, 0.3) is 22.2 Å². The second-order valence-electron chi connectivity index (χ2n) is 9.53. The molecular formula is C27H27N5O4. The molecule has 0 atom stereocenters. The van der Waals surface area contributed by atoms with E-state index in [-0.39, 0.29) is 36.4 Å². The molecule has 4 aromatic rings. The average molecular weight is 486 g/mol. The van der Waals surface area contributed by atoms with Crippen molar-refractivity contribution in [3.63, 3.8) is 0 Å². The Kier molecular flexibility index (Phi) is 5.91. The molecule has 0 aliphatic carbocycles. The van der Waals surface area contributed by atoms with E-state index in [0.717, 1.165) is 26.3 Å². The molecule has 36 heavy (non-hydrogen) atoms. The SMILES string of the molecule is CC(C)Cn1c(=O)n(C)c(=O)c2cn(Cc3ccc(-c4ccccn4)cc3)c(N3C(=O)CCC3=O)c21. The van der Waals surface area contributed by atoms with E-state index >= 15 is 0 Å². The number of aromatic nitrogens is 4. The fraction of sp³-hybridized carbons (Fsp3) is 0.296. The van der Waals surface area contributed by atoms with Crippen LogP contribution in [-0.4, -0.2) is 30.5 Å². The Balaban J connectivity index is 1.69. The number of fused-ring (bicyclic) bond motifs is 1. The Hall–Kier alpha value is -4.27. The lowest BCUT2D eigenvalue weighted by molar-refractivity contribution is -0.121. The van der Waals surface area contributed by atoms with E-state index in [1.165, 1.54) is 11.6 Å². The maximum absolute atomic E-state index is 13.1. The molecule has 1 saturated heterocycles. The zero-order chi connectivity index (χ0) is 25.6. The van der Waals surface area contributed by atoms with Crippen LogP contribution in [0.3, 0.4) is 0 Å². The van der Waals surface area contributed by atoms with Crippen molar-refractivity contribution in [2.45, 2.75) is 39.8 Å². The number of rotatable bonds is 6. The van der Waals surface area contributed by atoms with Gasteiger partial charge in [-0.05, 0) is 23.6 Å². The summed E-state index contributed by atoms with van der Waals surface area (Å²) in [4.78, 5) is 57.4. The molecule has 2 amide bonds. The molecule has 0 unspecified atom stereocenters. The number of amides is 2. The number of benzene rings is 1. The first-order valence-corrected chi connectivity index (χ1v) is 11.9. The topological polar surface area (TPSA) is 99.2 Å². The van der Waals surface area contributed by atoms with Gasteiger partial charge >= 0.3 is 5.69 Å². The number of carbonyl (C=O) groups excluding carboxylic acids is 2. The summed E-state index contributed by atoms with van der Waals surface area (Å²) in [6.07, 6.45) is 3.59. The summed E-state index contributed by atoms with van der Waals surface area (Å²) in [5, 5.41) is 0.297. The fourth-order valence-electron chi connectivity index (χ4n) is 4.71. The minimum atomic E-state index is -0.473. The van der Waals surface area contributed by atoms with Gasteiger partial charge in [-0.15, -0.1) is 0 Å². The second-order valence-corrected chi connectivity index (χ2v) is 9.53. The van der Waals surface area contributed by atoms with Crippen LogP contribution >= 0.6 is 0 Å². The largest absolute Gasteiger partial charge is 0.331 e. The van der Waals surface area contributed by atoms with Crippen molar-refractivity contribution < 1.29 is 9.59 Å². The van der Waals surface area contributed by atoms with Crippen LogP contribution in [0, 0.1) is 5.92 Å². The summed E-state index contributed by atoms with van der Waals surface area (Å²) in [6, 6.07) is 13.5. The molecule has 0 saturated carbocycles. The number of imide groups is 1. The lowest BCUT2D eigenvalue weighted by Gasteiger charge is -2.20. The maximum atomic E-state index is 13.1. The summed E-state index contributed by atoms with van der Waals surface area (Å²) >= 11 is 0. The van der Waals surface area contributed by atoms with Crippen LogP contribution < -0.4 is 16.1 Å². The van der Waals surface area contributed by atoms with Crippen molar-refractivity contribution in [2.24, 2.45) is 13.0 Å². The highest BCUT2D eigenvalue weighted by Gasteiger charge is 2.35. The van der Waals surface area contributed by atoms with Gasteiger partial charge in [-0.3, -0.25) is 28.5 Å². The molecule has 184 valence electrons. The quantitative estimate of drug-likeness (QED) is 0.391. The zero-order valence-corrected chi connectivity index (χ0v) is 20.5. The monoisotopic (exact) mass is 485 g/mol. The molecule has 1 aliphatic rings. The standard InChI is InChI=1S/C27H27N5O4/c1-17(2)14-31-24-20(26(35)29(3)27(31)36)16-30(25(24)32-22(33)11-12-23(32)34)15-18-7-9-19(10-8-18)21-6-4-5-13-28-21/h4-10,13,16-17H,11-12,14-15H2,1-3H3. The number of pyridine rings is 1. The molecule has 0 radical (unpaired) electrons. The van der Waals surface area contributed by atoms with Gasteiger partial charge in [-0.1, -0.05) is 44.2 Å². The number of hydrogen-bond acceptors (Lipinski definition) is 5. The molecule has 1 aliphatic heterocycles. The summed E-state index contributed by atoms with van der Waals surface area (Å²) in [7, 11) is 1.44. The lowest BCUT2D eigenvalue weighted by Crippen LogP contribution is -2.39. The van der Waals surface area contributed by atoms with Crippen LogP contribution in [0.2, 0.25) is 0 Å². The Morgan fingerprint density at radius 2 is 1.64 bits per heavy atom. The van der Waals surface area contributed by atoms with Gasteiger partial charge in [0.15, 0.2) is 0 Å². The van der Waals surface area contributed by atoms with Crippen LogP contribution in [0.4, 0.5) is 5.82 Å². The fourth-order valence-corrected chi connectivity index (χ4v) is 4.71. The van der Waals surface area contributed by atoms with Gasteiger partial charge in [-0.2, -0.15) is 0 Å². The van der Waals surface area contributed by atoms with Crippen molar-refractivity contribution in [2.75, 3.05) is 4.90 Å². The summed E-state index contributed by atoms with van der Waals surface area (Å²) in [6.45, 7) is 4.59. The van der Waals surface area contributed by atoms with Crippen molar-refractivity contribution in [1.29, 1.82) is 0 Å². The van der Waals surface area contributed by atoms with Gasteiger partial charge in [0.2, 0.25) is 11.8 Å². The number of nitrogens with zero attached hydrogens (tertiary/aromatic N) is 5. The van der Waals surface area contributed by atoms with Crippen molar-refractivity contribution >= 4 is 28.5 Å². The van der Waals surface area contributed by atoms with Crippen molar-refractivity contribution in [3.8, 4) is 11.3 Å². The average Bonchev–Trinajstić information content (AvgIpc) is 3.39. The predicted molar refractivity (Wildman–Crippen MR) is 137 cm³/mol. The Bertz CT molecular complexity index is 1580. The molecule has 5 rings (SSSR count). The smallest absolute Gasteiger partial charge is 0.327 e. The van der Waals surface area contributed by atoms with Gasteiger partial charge < -0.3 is 4.57 Å². The van der Waals surface area contributed by atoms with E-state index in [1.54, 1.807) is 17.0 Å². The maximum Gasteiger partial charge on any atom is 0.331 e.